The van der Waals surface area contributed by atoms with Crippen LogP contribution in [-0.4, -0.2) is 48.0 Å². The predicted molar refractivity (Wildman–Crippen MR) is 88.1 cm³/mol. The van der Waals surface area contributed by atoms with E-state index < -0.39 is 0 Å². The first kappa shape index (κ1) is 16.8. The number of nitrogens with one attached hydrogen (secondary N) is 1. The summed E-state index contributed by atoms with van der Waals surface area (Å²) in [4.78, 5) is 7.12. The van der Waals surface area contributed by atoms with Crippen molar-refractivity contribution in [1.82, 2.24) is 10.2 Å². The molecule has 1 heterocycles. The third-order valence-corrected chi connectivity index (χ3v) is 5.00. The van der Waals surface area contributed by atoms with Crippen LogP contribution in [0.1, 0.15) is 47.5 Å². The van der Waals surface area contributed by atoms with Gasteiger partial charge in [-0.05, 0) is 32.2 Å². The van der Waals surface area contributed by atoms with Crippen LogP contribution in [-0.2, 0) is 0 Å². The lowest BCUT2D eigenvalue weighted by Gasteiger charge is -2.35. The van der Waals surface area contributed by atoms with Gasteiger partial charge in [-0.15, -0.1) is 0 Å². The van der Waals surface area contributed by atoms with Crippen molar-refractivity contribution in [2.24, 2.45) is 10.4 Å². The molecule has 0 aromatic heterocycles. The molecule has 1 rings (SSSR count). The van der Waals surface area contributed by atoms with E-state index in [9.17, 15) is 0 Å². The van der Waals surface area contributed by atoms with Gasteiger partial charge < -0.3 is 10.2 Å². The lowest BCUT2D eigenvalue weighted by atomic mass is 9.85. The molecule has 112 valence electrons. The van der Waals surface area contributed by atoms with Gasteiger partial charge in [0.15, 0.2) is 5.17 Å². The lowest BCUT2D eigenvalue weighted by molar-refractivity contribution is 0.259. The SMILES string of the molecule is CCC(C)N(C)CCN=C1NC(C(C)(C)C)CCS1. The second-order valence-corrected chi connectivity index (χ2v) is 7.71. The highest BCUT2D eigenvalue weighted by Crippen LogP contribution is 2.27. The van der Waals surface area contributed by atoms with Crippen molar-refractivity contribution in [2.45, 2.75) is 59.5 Å². The van der Waals surface area contributed by atoms with E-state index in [0.29, 0.717) is 17.5 Å². The normalized spacial score (nSPS) is 24.6. The average molecular weight is 286 g/mol. The van der Waals surface area contributed by atoms with Gasteiger partial charge in [0.1, 0.15) is 0 Å². The summed E-state index contributed by atoms with van der Waals surface area (Å²) in [7, 11) is 2.19. The summed E-state index contributed by atoms with van der Waals surface area (Å²) in [5, 5.41) is 4.75. The van der Waals surface area contributed by atoms with Crippen LogP contribution in [0, 0.1) is 5.41 Å². The summed E-state index contributed by atoms with van der Waals surface area (Å²) in [5.74, 6) is 1.19. The topological polar surface area (TPSA) is 27.6 Å². The van der Waals surface area contributed by atoms with Gasteiger partial charge in [0.2, 0.25) is 0 Å². The molecule has 2 atom stereocenters. The molecule has 3 nitrogen and oxygen atoms in total. The van der Waals surface area contributed by atoms with Gasteiger partial charge in [-0.2, -0.15) is 0 Å². The minimum Gasteiger partial charge on any atom is -0.362 e. The number of nitrogens with zero attached hydrogens (tertiary/aromatic N) is 2. The quantitative estimate of drug-likeness (QED) is 0.840. The molecule has 0 aromatic rings. The molecule has 0 radical (unpaired) electrons. The third-order valence-electron chi connectivity index (χ3n) is 4.04. The molecule has 4 heteroatoms. The molecule has 19 heavy (non-hydrogen) atoms. The Kier molecular flexibility index (Phi) is 6.67. The van der Waals surface area contributed by atoms with Crippen molar-refractivity contribution < 1.29 is 0 Å². The largest absolute Gasteiger partial charge is 0.362 e. The molecular formula is C15H31N3S. The molecule has 0 bridgehead atoms. The van der Waals surface area contributed by atoms with Crippen molar-refractivity contribution in [2.75, 3.05) is 25.9 Å². The number of hydrogen-bond acceptors (Lipinski definition) is 3. The first-order valence-corrected chi connectivity index (χ1v) is 8.47. The molecule has 1 N–H and O–H groups in total. The fraction of sp³-hybridized carbons (Fsp3) is 0.933. The highest BCUT2D eigenvalue weighted by atomic mass is 32.2. The maximum Gasteiger partial charge on any atom is 0.156 e. The number of aliphatic imine (C=N–C) groups is 1. The second-order valence-electron chi connectivity index (χ2n) is 6.62. The number of likely N-dealkylation sites (N-methyl/N-ethyl adjacent to an activating group) is 1. The Balaban J connectivity index is 2.41. The molecule has 1 saturated heterocycles. The Morgan fingerprint density at radius 3 is 2.74 bits per heavy atom. The van der Waals surface area contributed by atoms with E-state index in [4.69, 9.17) is 4.99 Å². The Morgan fingerprint density at radius 1 is 1.47 bits per heavy atom. The van der Waals surface area contributed by atoms with Gasteiger partial charge in [-0.25, -0.2) is 0 Å². The number of hydrogen-bond donors (Lipinski definition) is 1. The van der Waals surface area contributed by atoms with Gasteiger partial charge in [0.25, 0.3) is 0 Å². The van der Waals surface area contributed by atoms with E-state index in [0.717, 1.165) is 18.3 Å². The Hall–Kier alpha value is -0.220. The molecule has 0 saturated carbocycles. The highest BCUT2D eigenvalue weighted by Gasteiger charge is 2.28. The van der Waals surface area contributed by atoms with Gasteiger partial charge in [0, 0.05) is 24.4 Å². The fourth-order valence-corrected chi connectivity index (χ4v) is 3.07. The van der Waals surface area contributed by atoms with Crippen LogP contribution in [0.25, 0.3) is 0 Å². The summed E-state index contributed by atoms with van der Waals surface area (Å²) >= 11 is 1.87. The standard InChI is InChI=1S/C15H31N3S/c1-7-12(2)18(6)10-9-16-14-17-13(8-11-19-14)15(3,4)5/h12-13H,7-11H2,1-6H3,(H,16,17). The first-order valence-electron chi connectivity index (χ1n) is 7.48. The van der Waals surface area contributed by atoms with E-state index in [2.05, 4.69) is 51.9 Å². The molecule has 1 aliphatic heterocycles. The minimum absolute atomic E-state index is 0.315. The van der Waals surface area contributed by atoms with Gasteiger partial charge in [-0.1, -0.05) is 39.5 Å². The predicted octanol–water partition coefficient (Wildman–Crippen LogP) is 3.21. The van der Waals surface area contributed by atoms with Gasteiger partial charge in [-0.3, -0.25) is 4.99 Å². The monoisotopic (exact) mass is 285 g/mol. The van der Waals surface area contributed by atoms with Gasteiger partial charge in [0.05, 0.1) is 6.54 Å². The summed E-state index contributed by atoms with van der Waals surface area (Å²) in [6.07, 6.45) is 2.44. The summed E-state index contributed by atoms with van der Waals surface area (Å²) in [5.41, 5.74) is 0.315. The summed E-state index contributed by atoms with van der Waals surface area (Å²) in [6.45, 7) is 13.4. The van der Waals surface area contributed by atoms with Crippen molar-refractivity contribution >= 4 is 16.9 Å². The number of thioether (sulfide) groups is 1. The smallest absolute Gasteiger partial charge is 0.156 e. The van der Waals surface area contributed by atoms with Crippen molar-refractivity contribution in [3.8, 4) is 0 Å². The first-order chi connectivity index (χ1) is 8.84. The van der Waals surface area contributed by atoms with Crippen molar-refractivity contribution in [3.05, 3.63) is 0 Å². The Labute approximate surface area is 123 Å². The zero-order chi connectivity index (χ0) is 14.5. The van der Waals surface area contributed by atoms with Crippen LogP contribution in [0.4, 0.5) is 0 Å². The van der Waals surface area contributed by atoms with Crippen LogP contribution in [0.2, 0.25) is 0 Å². The summed E-state index contributed by atoms with van der Waals surface area (Å²) in [6, 6.07) is 1.20. The zero-order valence-corrected chi connectivity index (χ0v) is 14.3. The molecule has 0 amide bonds. The molecule has 1 fully saturated rings. The summed E-state index contributed by atoms with van der Waals surface area (Å²) < 4.78 is 0. The molecule has 0 spiro atoms. The average Bonchev–Trinajstić information content (AvgIpc) is 2.37. The van der Waals surface area contributed by atoms with E-state index >= 15 is 0 Å². The third kappa shape index (κ3) is 5.74. The van der Waals surface area contributed by atoms with Crippen LogP contribution in [0.5, 0.6) is 0 Å². The minimum atomic E-state index is 0.315. The second kappa shape index (κ2) is 7.53. The molecule has 0 aliphatic carbocycles. The van der Waals surface area contributed by atoms with Crippen molar-refractivity contribution in [3.63, 3.8) is 0 Å². The van der Waals surface area contributed by atoms with Crippen LogP contribution in [0.15, 0.2) is 4.99 Å². The van der Waals surface area contributed by atoms with E-state index in [1.807, 2.05) is 11.8 Å². The Bertz CT molecular complexity index is 296. The molecule has 0 aromatic carbocycles. The molecule has 2 unspecified atom stereocenters. The van der Waals surface area contributed by atoms with Crippen LogP contribution >= 0.6 is 11.8 Å². The van der Waals surface area contributed by atoms with Crippen molar-refractivity contribution in [1.29, 1.82) is 0 Å². The van der Waals surface area contributed by atoms with E-state index in [-0.39, 0.29) is 0 Å². The van der Waals surface area contributed by atoms with E-state index in [1.54, 1.807) is 0 Å². The highest BCUT2D eigenvalue weighted by molar-refractivity contribution is 8.13. The van der Waals surface area contributed by atoms with Crippen LogP contribution in [0.3, 0.4) is 0 Å². The maximum atomic E-state index is 4.73. The van der Waals surface area contributed by atoms with E-state index in [1.165, 1.54) is 18.6 Å². The fourth-order valence-electron chi connectivity index (χ4n) is 2.12. The Morgan fingerprint density at radius 2 is 2.16 bits per heavy atom. The molecular weight excluding hydrogens is 254 g/mol. The maximum absolute atomic E-state index is 4.73. The lowest BCUT2D eigenvalue weighted by Crippen LogP contribution is -2.46. The zero-order valence-electron chi connectivity index (χ0n) is 13.5. The number of rotatable bonds is 5. The van der Waals surface area contributed by atoms with Crippen LogP contribution < -0.4 is 5.32 Å². The molecule has 1 aliphatic rings. The number of amidine groups is 1. The van der Waals surface area contributed by atoms with Gasteiger partial charge >= 0.3 is 0 Å².